The third-order valence-corrected chi connectivity index (χ3v) is 5.04. The summed E-state index contributed by atoms with van der Waals surface area (Å²) in [6, 6.07) is 19.4. The van der Waals surface area contributed by atoms with Crippen LogP contribution in [0, 0.1) is 11.3 Å². The number of benzene rings is 2. The number of anilines is 2. The fourth-order valence-electron chi connectivity index (χ4n) is 3.41. The Balaban J connectivity index is 1.77. The van der Waals surface area contributed by atoms with Crippen molar-refractivity contribution in [3.05, 3.63) is 90.2 Å². The van der Waals surface area contributed by atoms with Crippen LogP contribution in [-0.4, -0.2) is 12.5 Å². The predicted molar refractivity (Wildman–Crippen MR) is 124 cm³/mol. The summed E-state index contributed by atoms with van der Waals surface area (Å²) in [5.41, 5.74) is 3.98. The number of nitrogens with one attached hydrogen (secondary N) is 1. The zero-order chi connectivity index (χ0) is 21.2. The van der Waals surface area contributed by atoms with E-state index in [2.05, 4.69) is 35.5 Å². The first-order valence-corrected chi connectivity index (χ1v) is 10.5. The van der Waals surface area contributed by atoms with E-state index in [9.17, 15) is 10.1 Å². The highest BCUT2D eigenvalue weighted by atomic mass is 16.1. The average Bonchev–Trinajstić information content (AvgIpc) is 2.78. The second-order valence-corrected chi connectivity index (χ2v) is 7.22. The van der Waals surface area contributed by atoms with Gasteiger partial charge in [0.25, 0.3) is 5.91 Å². The van der Waals surface area contributed by atoms with Gasteiger partial charge in [-0.3, -0.25) is 4.79 Å². The molecular weight excluding hydrogens is 370 g/mol. The van der Waals surface area contributed by atoms with Gasteiger partial charge < -0.3 is 10.2 Å². The van der Waals surface area contributed by atoms with E-state index in [0.717, 1.165) is 29.8 Å². The molecule has 1 aliphatic rings. The molecule has 3 rings (SSSR count). The summed E-state index contributed by atoms with van der Waals surface area (Å²) in [6.45, 7) is 3.20. The Morgan fingerprint density at radius 3 is 2.60 bits per heavy atom. The maximum Gasteiger partial charge on any atom is 0.266 e. The molecule has 0 unspecified atom stereocenters. The van der Waals surface area contributed by atoms with Gasteiger partial charge in [0.2, 0.25) is 0 Å². The van der Waals surface area contributed by atoms with Crippen molar-refractivity contribution in [2.45, 2.75) is 32.6 Å². The number of allylic oxidation sites excluding steroid dienone is 4. The van der Waals surface area contributed by atoms with Gasteiger partial charge in [-0.15, -0.1) is 0 Å². The number of rotatable bonds is 8. The monoisotopic (exact) mass is 397 g/mol. The number of fused-ring (bicyclic) bond motifs is 1. The van der Waals surface area contributed by atoms with Crippen LogP contribution in [-0.2, 0) is 4.79 Å². The highest BCUT2D eigenvalue weighted by Crippen LogP contribution is 2.33. The van der Waals surface area contributed by atoms with Crippen LogP contribution in [0.1, 0.15) is 38.2 Å². The first-order chi connectivity index (χ1) is 14.7. The van der Waals surface area contributed by atoms with E-state index >= 15 is 0 Å². The molecular formula is C26H27N3O. The maximum absolute atomic E-state index is 12.4. The minimum Gasteiger partial charge on any atom is -0.347 e. The normalized spacial score (nSPS) is 14.3. The largest absolute Gasteiger partial charge is 0.347 e. The van der Waals surface area contributed by atoms with E-state index in [1.807, 2.05) is 48.6 Å². The molecule has 0 spiro atoms. The van der Waals surface area contributed by atoms with Gasteiger partial charge in [-0.05, 0) is 42.3 Å². The van der Waals surface area contributed by atoms with Crippen LogP contribution in [0.3, 0.4) is 0 Å². The predicted octanol–water partition coefficient (Wildman–Crippen LogP) is 6.07. The lowest BCUT2D eigenvalue weighted by molar-refractivity contribution is -0.112. The Bertz CT molecular complexity index is 996. The van der Waals surface area contributed by atoms with Crippen molar-refractivity contribution in [1.82, 2.24) is 0 Å². The quantitative estimate of drug-likeness (QED) is 0.334. The van der Waals surface area contributed by atoms with Gasteiger partial charge in [-0.25, -0.2) is 0 Å². The molecule has 30 heavy (non-hydrogen) atoms. The molecule has 0 aliphatic carbocycles. The molecule has 1 aliphatic heterocycles. The number of unbranched alkanes of at least 4 members (excludes halogenated alkanes) is 3. The van der Waals surface area contributed by atoms with Gasteiger partial charge in [0, 0.05) is 29.7 Å². The smallest absolute Gasteiger partial charge is 0.266 e. The molecule has 0 bridgehead atoms. The van der Waals surface area contributed by atoms with Crippen LogP contribution in [0.15, 0.2) is 84.6 Å². The number of nitriles is 1. The lowest BCUT2D eigenvalue weighted by atomic mass is 9.98. The van der Waals surface area contributed by atoms with Crippen molar-refractivity contribution < 1.29 is 4.79 Å². The Kier molecular flexibility index (Phi) is 7.63. The Morgan fingerprint density at radius 1 is 1.07 bits per heavy atom. The Morgan fingerprint density at radius 2 is 1.83 bits per heavy atom. The lowest BCUT2D eigenvalue weighted by Gasteiger charge is -2.27. The molecule has 152 valence electrons. The molecule has 1 amide bonds. The number of nitrogens with zero attached hydrogens (tertiary/aromatic N) is 2. The van der Waals surface area contributed by atoms with Crippen LogP contribution in [0.2, 0.25) is 0 Å². The molecule has 4 heteroatoms. The summed E-state index contributed by atoms with van der Waals surface area (Å²) < 4.78 is 0. The molecule has 0 saturated heterocycles. The summed E-state index contributed by atoms with van der Waals surface area (Å²) in [5, 5.41) is 12.2. The molecule has 0 atom stereocenters. The van der Waals surface area contributed by atoms with Crippen LogP contribution in [0.5, 0.6) is 0 Å². The topological polar surface area (TPSA) is 56.1 Å². The summed E-state index contributed by atoms with van der Waals surface area (Å²) in [6.07, 6.45) is 12.4. The first-order valence-electron chi connectivity index (χ1n) is 10.5. The zero-order valence-corrected chi connectivity index (χ0v) is 17.3. The van der Waals surface area contributed by atoms with Gasteiger partial charge >= 0.3 is 0 Å². The molecule has 1 N–H and O–H groups in total. The lowest BCUT2D eigenvalue weighted by Crippen LogP contribution is -2.21. The van der Waals surface area contributed by atoms with Crippen molar-refractivity contribution in [2.75, 3.05) is 16.8 Å². The highest BCUT2D eigenvalue weighted by Gasteiger charge is 2.15. The maximum atomic E-state index is 12.4. The van der Waals surface area contributed by atoms with E-state index in [4.69, 9.17) is 0 Å². The average molecular weight is 398 g/mol. The van der Waals surface area contributed by atoms with Crippen LogP contribution in [0.4, 0.5) is 11.4 Å². The van der Waals surface area contributed by atoms with Crippen LogP contribution < -0.4 is 10.2 Å². The number of carbonyl (C=O) groups excluding carboxylic acids is 1. The zero-order valence-electron chi connectivity index (χ0n) is 17.3. The third-order valence-electron chi connectivity index (χ3n) is 5.04. The summed E-state index contributed by atoms with van der Waals surface area (Å²) in [5.74, 6) is -0.411. The fraction of sp³-hybridized carbons (Fsp3) is 0.231. The number of hydrogen-bond acceptors (Lipinski definition) is 3. The van der Waals surface area contributed by atoms with E-state index < -0.39 is 5.91 Å². The van der Waals surface area contributed by atoms with Crippen molar-refractivity contribution in [3.8, 4) is 6.07 Å². The minimum atomic E-state index is -0.411. The number of para-hydroxylation sites is 2. The molecule has 0 aromatic heterocycles. The summed E-state index contributed by atoms with van der Waals surface area (Å²) in [4.78, 5) is 14.7. The van der Waals surface area contributed by atoms with Crippen molar-refractivity contribution >= 4 is 22.9 Å². The van der Waals surface area contributed by atoms with Crippen molar-refractivity contribution in [2.24, 2.45) is 0 Å². The van der Waals surface area contributed by atoms with Crippen LogP contribution in [0.25, 0.3) is 5.57 Å². The molecule has 2 aromatic rings. The second-order valence-electron chi connectivity index (χ2n) is 7.22. The molecule has 4 nitrogen and oxygen atoms in total. The van der Waals surface area contributed by atoms with E-state index in [0.29, 0.717) is 5.69 Å². The van der Waals surface area contributed by atoms with Gasteiger partial charge in [-0.1, -0.05) is 68.7 Å². The standard InChI is InChI=1S/C26H27N3O/c1-2-3-4-10-18-29-19-17-21(24-13-8-9-14-25(24)29)15-16-22(20-27)26(30)28-23-11-6-5-7-12-23/h5-9,11-17,19H,2-4,10,18H2,1H3,(H,28,30)/b21-15?,22-16+. The minimum absolute atomic E-state index is 0.0687. The molecule has 0 fully saturated rings. The van der Waals surface area contributed by atoms with Gasteiger partial charge in [-0.2, -0.15) is 5.26 Å². The van der Waals surface area contributed by atoms with Gasteiger partial charge in [0.05, 0.1) is 0 Å². The molecule has 0 saturated carbocycles. The van der Waals surface area contributed by atoms with Crippen LogP contribution >= 0.6 is 0 Å². The molecule has 0 radical (unpaired) electrons. The van der Waals surface area contributed by atoms with Gasteiger partial charge in [0.1, 0.15) is 11.6 Å². The van der Waals surface area contributed by atoms with Gasteiger partial charge in [0.15, 0.2) is 0 Å². The Hall–Kier alpha value is -3.58. The molecule has 2 aromatic carbocycles. The van der Waals surface area contributed by atoms with Crippen molar-refractivity contribution in [3.63, 3.8) is 0 Å². The number of amides is 1. The third kappa shape index (κ3) is 5.48. The summed E-state index contributed by atoms with van der Waals surface area (Å²) in [7, 11) is 0. The van der Waals surface area contributed by atoms with E-state index in [-0.39, 0.29) is 5.57 Å². The van der Waals surface area contributed by atoms with E-state index in [1.54, 1.807) is 18.2 Å². The number of carbonyl (C=O) groups is 1. The molecule has 1 heterocycles. The Labute approximate surface area is 178 Å². The number of hydrogen-bond donors (Lipinski definition) is 1. The van der Waals surface area contributed by atoms with Crippen molar-refractivity contribution in [1.29, 1.82) is 5.26 Å². The summed E-state index contributed by atoms with van der Waals surface area (Å²) >= 11 is 0. The SMILES string of the molecule is CCCCCCN1C=CC(=C/C=C(\C#N)C(=O)Nc2ccccc2)c2ccccc21. The van der Waals surface area contributed by atoms with E-state index in [1.165, 1.54) is 19.3 Å². The highest BCUT2D eigenvalue weighted by molar-refractivity contribution is 6.07. The fourth-order valence-corrected chi connectivity index (χ4v) is 3.41. The second kappa shape index (κ2) is 10.8. The first kappa shape index (κ1) is 21.1.